The predicted octanol–water partition coefficient (Wildman–Crippen LogP) is 3.37. The first-order chi connectivity index (χ1) is 12.5. The van der Waals surface area contributed by atoms with Crippen molar-refractivity contribution in [2.45, 2.75) is 12.5 Å². The number of hydrogen-bond donors (Lipinski definition) is 2. The van der Waals surface area contributed by atoms with E-state index in [1.165, 1.54) is 0 Å². The van der Waals surface area contributed by atoms with Gasteiger partial charge in [0.2, 0.25) is 5.91 Å². The summed E-state index contributed by atoms with van der Waals surface area (Å²) in [6.45, 7) is 0. The Morgan fingerprint density at radius 3 is 2.62 bits per heavy atom. The van der Waals surface area contributed by atoms with Crippen LogP contribution in [0.2, 0.25) is 10.0 Å². The maximum atomic E-state index is 12.7. The number of hydrogen-bond acceptors (Lipinski definition) is 3. The van der Waals surface area contributed by atoms with Gasteiger partial charge in [-0.1, -0.05) is 47.5 Å². The van der Waals surface area contributed by atoms with Crippen molar-refractivity contribution >= 4 is 45.9 Å². The lowest BCUT2D eigenvalue weighted by Gasteiger charge is -2.17. The number of benzene rings is 2. The molecule has 3 rings (SSSR count). The summed E-state index contributed by atoms with van der Waals surface area (Å²) in [5.74, 6) is -1.06. The highest BCUT2D eigenvalue weighted by Crippen LogP contribution is 2.22. The van der Waals surface area contributed by atoms with Crippen LogP contribution in [0.1, 0.15) is 15.9 Å². The van der Waals surface area contributed by atoms with Crippen LogP contribution in [0.4, 0.5) is 0 Å². The number of rotatable bonds is 5. The number of pyridine rings is 1. The molecule has 3 aromatic rings. The van der Waals surface area contributed by atoms with Crippen LogP contribution in [-0.4, -0.2) is 22.8 Å². The van der Waals surface area contributed by atoms with Crippen LogP contribution in [0, 0.1) is 0 Å². The van der Waals surface area contributed by atoms with Gasteiger partial charge in [-0.05, 0) is 29.8 Å². The fraction of sp³-hybridized carbons (Fsp3) is 0.105. The number of carbonyl (C=O) groups is 2. The largest absolute Gasteiger partial charge is 0.368 e. The summed E-state index contributed by atoms with van der Waals surface area (Å²) in [6, 6.07) is 12.9. The Morgan fingerprint density at radius 1 is 1.12 bits per heavy atom. The molecule has 2 amide bonds. The van der Waals surface area contributed by atoms with Gasteiger partial charge < -0.3 is 11.1 Å². The molecule has 0 aliphatic heterocycles. The van der Waals surface area contributed by atoms with Gasteiger partial charge in [0.1, 0.15) is 6.04 Å². The summed E-state index contributed by atoms with van der Waals surface area (Å²) in [5.41, 5.74) is 7.25. The van der Waals surface area contributed by atoms with Crippen molar-refractivity contribution in [3.8, 4) is 0 Å². The van der Waals surface area contributed by atoms with E-state index < -0.39 is 17.9 Å². The molecule has 0 radical (unpaired) electrons. The van der Waals surface area contributed by atoms with E-state index in [1.807, 2.05) is 18.2 Å². The average molecular weight is 388 g/mol. The lowest BCUT2D eigenvalue weighted by molar-refractivity contribution is -0.119. The molecule has 0 unspecified atom stereocenters. The van der Waals surface area contributed by atoms with Crippen molar-refractivity contribution in [2.75, 3.05) is 0 Å². The van der Waals surface area contributed by atoms with Gasteiger partial charge >= 0.3 is 0 Å². The van der Waals surface area contributed by atoms with Gasteiger partial charge in [-0.3, -0.25) is 14.6 Å². The molecule has 3 N–H and O–H groups in total. The van der Waals surface area contributed by atoms with Crippen LogP contribution in [0.5, 0.6) is 0 Å². The second kappa shape index (κ2) is 7.72. The first kappa shape index (κ1) is 18.2. The molecule has 1 aromatic heterocycles. The minimum Gasteiger partial charge on any atom is -0.368 e. The summed E-state index contributed by atoms with van der Waals surface area (Å²) < 4.78 is 0. The number of aromatic nitrogens is 1. The van der Waals surface area contributed by atoms with E-state index in [1.54, 1.807) is 36.5 Å². The van der Waals surface area contributed by atoms with Crippen molar-refractivity contribution in [3.63, 3.8) is 0 Å². The van der Waals surface area contributed by atoms with E-state index in [-0.39, 0.29) is 6.42 Å². The average Bonchev–Trinajstić information content (AvgIpc) is 2.62. The van der Waals surface area contributed by atoms with Crippen LogP contribution >= 0.6 is 23.2 Å². The van der Waals surface area contributed by atoms with E-state index in [4.69, 9.17) is 28.9 Å². The normalized spacial score (nSPS) is 11.9. The first-order valence-electron chi connectivity index (χ1n) is 7.83. The van der Waals surface area contributed by atoms with Crippen molar-refractivity contribution in [2.24, 2.45) is 5.73 Å². The molecule has 0 aliphatic carbocycles. The highest BCUT2D eigenvalue weighted by molar-refractivity contribution is 6.35. The molecule has 0 spiro atoms. The fourth-order valence-electron chi connectivity index (χ4n) is 2.66. The van der Waals surface area contributed by atoms with Gasteiger partial charge in [0.15, 0.2) is 0 Å². The van der Waals surface area contributed by atoms with Gasteiger partial charge in [-0.25, -0.2) is 0 Å². The summed E-state index contributed by atoms with van der Waals surface area (Å²) in [6.07, 6.45) is 1.71. The molecule has 0 saturated carbocycles. The van der Waals surface area contributed by atoms with Crippen LogP contribution in [0.3, 0.4) is 0 Å². The highest BCUT2D eigenvalue weighted by Gasteiger charge is 2.21. The Bertz CT molecular complexity index is 986. The molecule has 132 valence electrons. The second-order valence-corrected chi connectivity index (χ2v) is 6.59. The van der Waals surface area contributed by atoms with Crippen LogP contribution < -0.4 is 11.1 Å². The molecular weight excluding hydrogens is 373 g/mol. The van der Waals surface area contributed by atoms with Gasteiger partial charge in [-0.15, -0.1) is 0 Å². The van der Waals surface area contributed by atoms with Gasteiger partial charge in [-0.2, -0.15) is 0 Å². The predicted molar refractivity (Wildman–Crippen MR) is 102 cm³/mol. The molecule has 26 heavy (non-hydrogen) atoms. The van der Waals surface area contributed by atoms with E-state index in [9.17, 15) is 9.59 Å². The number of fused-ring (bicyclic) bond motifs is 1. The smallest absolute Gasteiger partial charge is 0.252 e. The summed E-state index contributed by atoms with van der Waals surface area (Å²) in [5, 5.41) is 4.27. The second-order valence-electron chi connectivity index (χ2n) is 5.74. The molecular formula is C19H15Cl2N3O2. The van der Waals surface area contributed by atoms with E-state index in [2.05, 4.69) is 10.3 Å². The Hall–Kier alpha value is -2.63. The van der Waals surface area contributed by atoms with E-state index in [0.29, 0.717) is 32.1 Å². The van der Waals surface area contributed by atoms with Gasteiger partial charge in [0.25, 0.3) is 5.91 Å². The Morgan fingerprint density at radius 2 is 1.88 bits per heavy atom. The Balaban J connectivity index is 1.85. The third-order valence-electron chi connectivity index (χ3n) is 3.98. The third-order valence-corrected chi connectivity index (χ3v) is 4.57. The molecule has 1 atom stereocenters. The molecule has 7 heteroatoms. The van der Waals surface area contributed by atoms with E-state index in [0.717, 1.165) is 0 Å². The zero-order valence-corrected chi connectivity index (χ0v) is 15.1. The zero-order chi connectivity index (χ0) is 18.7. The first-order valence-corrected chi connectivity index (χ1v) is 8.59. The number of halogens is 2. The topological polar surface area (TPSA) is 85.1 Å². The van der Waals surface area contributed by atoms with Crippen molar-refractivity contribution < 1.29 is 9.59 Å². The number of primary amides is 1. The number of nitrogens with one attached hydrogen (secondary N) is 1. The maximum absolute atomic E-state index is 12.7. The molecule has 0 fully saturated rings. The molecule has 0 aliphatic rings. The lowest BCUT2D eigenvalue weighted by Crippen LogP contribution is -2.46. The van der Waals surface area contributed by atoms with Crippen molar-refractivity contribution in [3.05, 3.63) is 75.9 Å². The number of carbonyl (C=O) groups excluding carboxylic acids is 2. The molecule has 5 nitrogen and oxygen atoms in total. The fourth-order valence-corrected chi connectivity index (χ4v) is 3.15. The monoisotopic (exact) mass is 387 g/mol. The quantitative estimate of drug-likeness (QED) is 0.703. The van der Waals surface area contributed by atoms with Gasteiger partial charge in [0.05, 0.1) is 11.1 Å². The molecule has 1 heterocycles. The molecule has 2 aromatic carbocycles. The minimum atomic E-state index is -0.909. The highest BCUT2D eigenvalue weighted by atomic mass is 35.5. The minimum absolute atomic E-state index is 0.167. The van der Waals surface area contributed by atoms with Crippen molar-refractivity contribution in [1.82, 2.24) is 10.3 Å². The van der Waals surface area contributed by atoms with Gasteiger partial charge in [0, 0.05) is 28.0 Å². The van der Waals surface area contributed by atoms with E-state index >= 15 is 0 Å². The molecule has 0 saturated heterocycles. The van der Waals surface area contributed by atoms with Crippen LogP contribution in [-0.2, 0) is 11.2 Å². The number of amides is 2. The zero-order valence-electron chi connectivity index (χ0n) is 13.6. The lowest BCUT2D eigenvalue weighted by atomic mass is 10.0. The number of para-hydroxylation sites is 1. The summed E-state index contributed by atoms with van der Waals surface area (Å²) in [4.78, 5) is 28.8. The Kier molecular flexibility index (Phi) is 5.40. The number of nitrogens with zero attached hydrogens (tertiary/aromatic N) is 1. The third kappa shape index (κ3) is 3.95. The standard InChI is InChI=1S/C19H15Cl2N3O2/c20-12-6-5-11(15(21)10-12)9-17(18(22)25)24-19(26)14-7-8-23-16-4-2-1-3-13(14)16/h1-8,10,17H,9H2,(H2,22,25)(H,24,26)/t17-/m1/s1. The number of nitrogens with two attached hydrogens (primary N) is 1. The SMILES string of the molecule is NC(=O)[C@@H](Cc1ccc(Cl)cc1Cl)NC(=O)c1ccnc2ccccc12. The van der Waals surface area contributed by atoms with Crippen LogP contribution in [0.15, 0.2) is 54.7 Å². The summed E-state index contributed by atoms with van der Waals surface area (Å²) >= 11 is 12.0. The summed E-state index contributed by atoms with van der Waals surface area (Å²) in [7, 11) is 0. The molecule has 0 bridgehead atoms. The maximum Gasteiger partial charge on any atom is 0.252 e. The van der Waals surface area contributed by atoms with Crippen molar-refractivity contribution in [1.29, 1.82) is 0 Å². The Labute approximate surface area is 160 Å². The van der Waals surface area contributed by atoms with Crippen LogP contribution in [0.25, 0.3) is 10.9 Å².